The second-order valence-electron chi connectivity index (χ2n) is 1.84. The van der Waals surface area contributed by atoms with Crippen molar-refractivity contribution in [3.63, 3.8) is 0 Å². The molecule has 54 valence electrons. The number of carboxylic acids is 1. The Balaban J connectivity index is 3.15. The van der Waals surface area contributed by atoms with Crippen LogP contribution in [0, 0.1) is 6.92 Å². The molecular weight excluding hydrogens is 200 g/mol. The van der Waals surface area contributed by atoms with Crippen molar-refractivity contribution >= 4 is 21.9 Å². The normalized spacial score (nSPS) is 9.80. The molecule has 3 nitrogen and oxygen atoms in total. The van der Waals surface area contributed by atoms with Gasteiger partial charge in [-0.1, -0.05) is 0 Å². The van der Waals surface area contributed by atoms with Gasteiger partial charge in [0.05, 0.1) is 4.47 Å². The SMILES string of the molecule is Cc1cc(Br)c(C(=O)O)o1. The molecular formula is C6H5BrO3. The fourth-order valence-electron chi connectivity index (χ4n) is 0.629. The Morgan fingerprint density at radius 2 is 2.40 bits per heavy atom. The lowest BCUT2D eigenvalue weighted by atomic mass is 10.4. The van der Waals surface area contributed by atoms with Crippen LogP contribution in [0.2, 0.25) is 0 Å². The third-order valence-electron chi connectivity index (χ3n) is 1.00. The molecule has 0 aromatic carbocycles. The van der Waals surface area contributed by atoms with E-state index in [1.54, 1.807) is 13.0 Å². The van der Waals surface area contributed by atoms with Crippen LogP contribution in [0.5, 0.6) is 0 Å². The van der Waals surface area contributed by atoms with Crippen molar-refractivity contribution in [2.24, 2.45) is 0 Å². The number of hydrogen-bond donors (Lipinski definition) is 1. The number of furan rings is 1. The molecule has 1 heterocycles. The number of rotatable bonds is 1. The van der Waals surface area contributed by atoms with Crippen molar-refractivity contribution < 1.29 is 14.3 Å². The molecule has 0 spiro atoms. The summed E-state index contributed by atoms with van der Waals surface area (Å²) in [4.78, 5) is 10.3. The summed E-state index contributed by atoms with van der Waals surface area (Å²) in [6.07, 6.45) is 0. The largest absolute Gasteiger partial charge is 0.475 e. The van der Waals surface area contributed by atoms with Crippen molar-refractivity contribution in [2.75, 3.05) is 0 Å². The van der Waals surface area contributed by atoms with Gasteiger partial charge in [-0.05, 0) is 28.9 Å². The highest BCUT2D eigenvalue weighted by atomic mass is 79.9. The van der Waals surface area contributed by atoms with E-state index in [9.17, 15) is 4.79 Å². The lowest BCUT2D eigenvalue weighted by Gasteiger charge is -1.85. The first-order valence-corrected chi connectivity index (χ1v) is 3.40. The first kappa shape index (κ1) is 7.34. The van der Waals surface area contributed by atoms with Crippen molar-refractivity contribution in [3.8, 4) is 0 Å². The maximum atomic E-state index is 10.3. The van der Waals surface area contributed by atoms with E-state index in [1.165, 1.54) is 0 Å². The highest BCUT2D eigenvalue weighted by molar-refractivity contribution is 9.10. The molecule has 0 unspecified atom stereocenters. The lowest BCUT2D eigenvalue weighted by Crippen LogP contribution is -1.93. The van der Waals surface area contributed by atoms with Crippen molar-refractivity contribution in [2.45, 2.75) is 6.92 Å². The summed E-state index contributed by atoms with van der Waals surface area (Å²) in [5, 5.41) is 8.46. The second-order valence-corrected chi connectivity index (χ2v) is 2.69. The van der Waals surface area contributed by atoms with Crippen LogP contribution in [0.4, 0.5) is 0 Å². The molecule has 1 aromatic rings. The van der Waals surface area contributed by atoms with E-state index in [0.29, 0.717) is 10.2 Å². The van der Waals surface area contributed by atoms with E-state index in [-0.39, 0.29) is 5.76 Å². The Hall–Kier alpha value is -0.770. The van der Waals surface area contributed by atoms with Crippen LogP contribution < -0.4 is 0 Å². The van der Waals surface area contributed by atoms with Crippen molar-refractivity contribution in [1.82, 2.24) is 0 Å². The Morgan fingerprint density at radius 1 is 1.80 bits per heavy atom. The van der Waals surface area contributed by atoms with Crippen LogP contribution in [0.3, 0.4) is 0 Å². The Kier molecular flexibility index (Phi) is 1.80. The minimum atomic E-state index is -1.06. The van der Waals surface area contributed by atoms with Crippen LogP contribution in [-0.4, -0.2) is 11.1 Å². The average molecular weight is 205 g/mol. The maximum Gasteiger partial charge on any atom is 0.373 e. The molecule has 1 rings (SSSR count). The number of aromatic carboxylic acids is 1. The van der Waals surface area contributed by atoms with Gasteiger partial charge >= 0.3 is 5.97 Å². The molecule has 0 aliphatic carbocycles. The zero-order valence-corrected chi connectivity index (χ0v) is 6.81. The van der Waals surface area contributed by atoms with E-state index in [0.717, 1.165) is 0 Å². The van der Waals surface area contributed by atoms with E-state index >= 15 is 0 Å². The maximum absolute atomic E-state index is 10.3. The van der Waals surface area contributed by atoms with Crippen LogP contribution in [0.15, 0.2) is 15.0 Å². The highest BCUT2D eigenvalue weighted by Crippen LogP contribution is 2.20. The van der Waals surface area contributed by atoms with Gasteiger partial charge in [0, 0.05) is 0 Å². The summed E-state index contributed by atoms with van der Waals surface area (Å²) in [5.74, 6) is -0.512. The van der Waals surface area contributed by atoms with Gasteiger partial charge in [-0.25, -0.2) is 4.79 Å². The van der Waals surface area contributed by atoms with Crippen molar-refractivity contribution in [3.05, 3.63) is 22.1 Å². The zero-order chi connectivity index (χ0) is 7.72. The van der Waals surface area contributed by atoms with Crippen LogP contribution in [-0.2, 0) is 0 Å². The van der Waals surface area contributed by atoms with Crippen LogP contribution in [0.25, 0.3) is 0 Å². The number of aryl methyl sites for hydroxylation is 1. The fraction of sp³-hybridized carbons (Fsp3) is 0.167. The smallest absolute Gasteiger partial charge is 0.373 e. The average Bonchev–Trinajstić information content (AvgIpc) is 2.10. The predicted octanol–water partition coefficient (Wildman–Crippen LogP) is 2.05. The molecule has 10 heavy (non-hydrogen) atoms. The number of hydrogen-bond acceptors (Lipinski definition) is 2. The second kappa shape index (κ2) is 2.46. The number of halogens is 1. The monoisotopic (exact) mass is 204 g/mol. The Bertz CT molecular complexity index is 264. The molecule has 1 N–H and O–H groups in total. The van der Waals surface area contributed by atoms with Gasteiger partial charge in [-0.15, -0.1) is 0 Å². The van der Waals surface area contributed by atoms with Crippen LogP contribution >= 0.6 is 15.9 Å². The molecule has 1 aromatic heterocycles. The first-order chi connectivity index (χ1) is 4.61. The van der Waals surface area contributed by atoms with Gasteiger partial charge in [0.25, 0.3) is 0 Å². The summed E-state index contributed by atoms with van der Waals surface area (Å²) in [6.45, 7) is 1.69. The number of carboxylic acid groups (broad SMARTS) is 1. The standard InChI is InChI=1S/C6H5BrO3/c1-3-2-4(7)5(10-3)6(8)9/h2H,1H3,(H,8,9). The first-order valence-electron chi connectivity index (χ1n) is 2.60. The summed E-state index contributed by atoms with van der Waals surface area (Å²) < 4.78 is 5.31. The number of carbonyl (C=O) groups is 1. The topological polar surface area (TPSA) is 50.4 Å². The Morgan fingerprint density at radius 3 is 2.60 bits per heavy atom. The molecule has 0 aliphatic heterocycles. The molecule has 0 bridgehead atoms. The van der Waals surface area contributed by atoms with Gasteiger partial charge in [0.1, 0.15) is 5.76 Å². The molecule has 4 heteroatoms. The van der Waals surface area contributed by atoms with E-state index in [1.807, 2.05) is 0 Å². The van der Waals surface area contributed by atoms with E-state index in [2.05, 4.69) is 15.9 Å². The molecule has 0 saturated heterocycles. The van der Waals surface area contributed by atoms with E-state index < -0.39 is 5.97 Å². The third-order valence-corrected chi connectivity index (χ3v) is 1.59. The minimum absolute atomic E-state index is 0.0440. The van der Waals surface area contributed by atoms with Gasteiger partial charge < -0.3 is 9.52 Å². The quantitative estimate of drug-likeness (QED) is 0.763. The predicted molar refractivity (Wildman–Crippen MR) is 38.1 cm³/mol. The zero-order valence-electron chi connectivity index (χ0n) is 5.22. The summed E-state index contributed by atoms with van der Waals surface area (Å²) in [5.41, 5.74) is 0. The van der Waals surface area contributed by atoms with Gasteiger partial charge in [0.2, 0.25) is 5.76 Å². The fourth-order valence-corrected chi connectivity index (χ4v) is 1.20. The summed E-state index contributed by atoms with van der Waals surface area (Å²) in [7, 11) is 0. The Labute approximate surface area is 65.8 Å². The molecule has 0 amide bonds. The van der Waals surface area contributed by atoms with Gasteiger partial charge in [0.15, 0.2) is 0 Å². The molecule has 0 fully saturated rings. The van der Waals surface area contributed by atoms with Crippen LogP contribution in [0.1, 0.15) is 16.3 Å². The molecule has 0 aliphatic rings. The van der Waals surface area contributed by atoms with Gasteiger partial charge in [-0.3, -0.25) is 0 Å². The highest BCUT2D eigenvalue weighted by Gasteiger charge is 2.12. The molecule has 0 saturated carbocycles. The minimum Gasteiger partial charge on any atom is -0.475 e. The molecule has 0 atom stereocenters. The van der Waals surface area contributed by atoms with Gasteiger partial charge in [-0.2, -0.15) is 0 Å². The third kappa shape index (κ3) is 1.21. The van der Waals surface area contributed by atoms with E-state index in [4.69, 9.17) is 9.52 Å². The summed E-state index contributed by atoms with van der Waals surface area (Å²) >= 11 is 3.04. The van der Waals surface area contributed by atoms with Crippen molar-refractivity contribution in [1.29, 1.82) is 0 Å². The lowest BCUT2D eigenvalue weighted by molar-refractivity contribution is 0.0659. The molecule has 0 radical (unpaired) electrons. The summed E-state index contributed by atoms with van der Waals surface area (Å²) in [6, 6.07) is 1.61.